The van der Waals surface area contributed by atoms with E-state index in [9.17, 15) is 0 Å². The van der Waals surface area contributed by atoms with Gasteiger partial charge in [-0.15, -0.1) is 0 Å². The molecule has 2 aromatic rings. The lowest BCUT2D eigenvalue weighted by Crippen LogP contribution is -2.33. The number of rotatable bonds is 15. The van der Waals surface area contributed by atoms with E-state index in [4.69, 9.17) is 4.99 Å². The summed E-state index contributed by atoms with van der Waals surface area (Å²) in [5, 5.41) is 0. The molecular formula is C29H45N3. The first kappa shape index (κ1) is 26.0. The second-order valence-electron chi connectivity index (χ2n) is 8.56. The van der Waals surface area contributed by atoms with Crippen molar-refractivity contribution in [3.63, 3.8) is 0 Å². The van der Waals surface area contributed by atoms with Gasteiger partial charge in [0.2, 0.25) is 0 Å². The van der Waals surface area contributed by atoms with Crippen molar-refractivity contribution in [3.8, 4) is 0 Å². The van der Waals surface area contributed by atoms with E-state index < -0.39 is 5.54 Å². The van der Waals surface area contributed by atoms with E-state index in [-0.39, 0.29) is 0 Å². The van der Waals surface area contributed by atoms with E-state index in [1.54, 1.807) is 0 Å². The first-order valence-corrected chi connectivity index (χ1v) is 12.8. The van der Waals surface area contributed by atoms with Crippen molar-refractivity contribution >= 4 is 18.1 Å². The van der Waals surface area contributed by atoms with Gasteiger partial charge in [0.05, 0.1) is 0 Å². The van der Waals surface area contributed by atoms with Crippen LogP contribution >= 0.6 is 0 Å². The van der Waals surface area contributed by atoms with Crippen LogP contribution in [0.3, 0.4) is 0 Å². The van der Waals surface area contributed by atoms with Gasteiger partial charge in [-0.2, -0.15) is 0 Å². The van der Waals surface area contributed by atoms with Crippen LogP contribution < -0.4 is 9.80 Å². The summed E-state index contributed by atoms with van der Waals surface area (Å²) in [7, 11) is 0. The van der Waals surface area contributed by atoms with Crippen molar-refractivity contribution in [2.45, 2.75) is 78.7 Å². The summed E-state index contributed by atoms with van der Waals surface area (Å²) in [6, 6.07) is 17.7. The zero-order valence-electron chi connectivity index (χ0n) is 21.2. The minimum atomic E-state index is -0.454. The van der Waals surface area contributed by atoms with Crippen LogP contribution in [-0.2, 0) is 5.54 Å². The van der Waals surface area contributed by atoms with Crippen LogP contribution in [-0.4, -0.2) is 32.9 Å². The first-order valence-electron chi connectivity index (χ1n) is 12.8. The summed E-state index contributed by atoms with van der Waals surface area (Å²) < 4.78 is 0. The molecule has 0 amide bonds. The second kappa shape index (κ2) is 13.3. The fraction of sp³-hybridized carbons (Fsp3) is 0.552. The number of para-hydroxylation sites is 2. The number of aliphatic imine (C=N–C) groups is 1. The lowest BCUT2D eigenvalue weighted by molar-refractivity contribution is 0.458. The first-order chi connectivity index (χ1) is 15.6. The number of benzene rings is 2. The Morgan fingerprint density at radius 1 is 0.656 bits per heavy atom. The number of hydrogen-bond acceptors (Lipinski definition) is 3. The predicted octanol–water partition coefficient (Wildman–Crippen LogP) is 7.68. The molecule has 0 aliphatic carbocycles. The highest BCUT2D eigenvalue weighted by atomic mass is 15.1. The maximum absolute atomic E-state index is 5.00. The topological polar surface area (TPSA) is 18.8 Å². The van der Waals surface area contributed by atoms with E-state index in [2.05, 4.69) is 99.7 Å². The molecule has 176 valence electrons. The average molecular weight is 436 g/mol. The lowest BCUT2D eigenvalue weighted by atomic mass is 9.77. The summed E-state index contributed by atoms with van der Waals surface area (Å²) in [4.78, 5) is 9.90. The summed E-state index contributed by atoms with van der Waals surface area (Å²) in [6.07, 6.45) is 7.24. The number of nitrogens with zero attached hydrogens (tertiary/aromatic N) is 3. The molecule has 32 heavy (non-hydrogen) atoms. The Morgan fingerprint density at radius 2 is 1.09 bits per heavy atom. The van der Waals surface area contributed by atoms with Crippen molar-refractivity contribution in [2.24, 2.45) is 4.99 Å². The third-order valence-corrected chi connectivity index (χ3v) is 6.82. The Bertz CT molecular complexity index is 750. The SMILES string of the molecule is C=NC(CCCCCCC)(c1ccccc1N(CC)CC)c1ccccc1N(CC)CC. The molecule has 0 spiro atoms. The zero-order valence-corrected chi connectivity index (χ0v) is 21.2. The van der Waals surface area contributed by atoms with Gasteiger partial charge in [0.25, 0.3) is 0 Å². The quantitative estimate of drug-likeness (QED) is 0.211. The Kier molecular flexibility index (Phi) is 10.8. The van der Waals surface area contributed by atoms with Gasteiger partial charge in [-0.1, -0.05) is 75.4 Å². The molecule has 0 radical (unpaired) electrons. The highest BCUT2D eigenvalue weighted by Crippen LogP contribution is 2.46. The molecule has 0 bridgehead atoms. The number of hydrogen-bond donors (Lipinski definition) is 0. The Morgan fingerprint density at radius 3 is 1.50 bits per heavy atom. The summed E-state index contributed by atoms with van der Waals surface area (Å²) in [5.41, 5.74) is 4.69. The Balaban J connectivity index is 2.69. The predicted molar refractivity (Wildman–Crippen MR) is 144 cm³/mol. The molecule has 0 saturated carbocycles. The van der Waals surface area contributed by atoms with Gasteiger partial charge < -0.3 is 9.80 Å². The van der Waals surface area contributed by atoms with Crippen LogP contribution in [0.4, 0.5) is 11.4 Å². The second-order valence-corrected chi connectivity index (χ2v) is 8.56. The lowest BCUT2D eigenvalue weighted by Gasteiger charge is -2.38. The highest BCUT2D eigenvalue weighted by Gasteiger charge is 2.37. The smallest absolute Gasteiger partial charge is 0.114 e. The Hall–Kier alpha value is -2.29. The van der Waals surface area contributed by atoms with Crippen LogP contribution in [0.15, 0.2) is 53.5 Å². The van der Waals surface area contributed by atoms with E-state index in [1.165, 1.54) is 48.2 Å². The van der Waals surface area contributed by atoms with Crippen molar-refractivity contribution in [1.82, 2.24) is 0 Å². The van der Waals surface area contributed by atoms with Gasteiger partial charge in [-0.3, -0.25) is 4.99 Å². The highest BCUT2D eigenvalue weighted by molar-refractivity contribution is 5.66. The Labute approximate surface area is 197 Å². The fourth-order valence-electron chi connectivity index (χ4n) is 4.98. The fourth-order valence-corrected chi connectivity index (χ4v) is 4.98. The van der Waals surface area contributed by atoms with Crippen LogP contribution in [0.2, 0.25) is 0 Å². The van der Waals surface area contributed by atoms with Crippen molar-refractivity contribution in [2.75, 3.05) is 36.0 Å². The molecule has 0 aliphatic heterocycles. The van der Waals surface area contributed by atoms with Gasteiger partial charge in [0.15, 0.2) is 0 Å². The van der Waals surface area contributed by atoms with Crippen molar-refractivity contribution < 1.29 is 0 Å². The largest absolute Gasteiger partial charge is 0.372 e. The summed E-state index contributed by atoms with van der Waals surface area (Å²) >= 11 is 0. The molecule has 0 heterocycles. The van der Waals surface area contributed by atoms with Gasteiger partial charge in [0, 0.05) is 48.7 Å². The average Bonchev–Trinajstić information content (AvgIpc) is 2.84. The van der Waals surface area contributed by atoms with Crippen molar-refractivity contribution in [1.29, 1.82) is 0 Å². The third kappa shape index (κ3) is 5.74. The number of anilines is 2. The van der Waals surface area contributed by atoms with Crippen LogP contribution in [0.5, 0.6) is 0 Å². The normalized spacial score (nSPS) is 11.4. The molecular weight excluding hydrogens is 390 g/mol. The minimum Gasteiger partial charge on any atom is -0.372 e. The third-order valence-electron chi connectivity index (χ3n) is 6.82. The monoisotopic (exact) mass is 435 g/mol. The van der Waals surface area contributed by atoms with Gasteiger partial charge in [-0.25, -0.2) is 0 Å². The molecule has 2 rings (SSSR count). The van der Waals surface area contributed by atoms with Crippen LogP contribution in [0.25, 0.3) is 0 Å². The molecule has 3 heteroatoms. The maximum Gasteiger partial charge on any atom is 0.114 e. The van der Waals surface area contributed by atoms with E-state index in [0.29, 0.717) is 0 Å². The molecule has 0 aliphatic rings. The minimum absolute atomic E-state index is 0.454. The standard InChI is InChI=1S/C29H45N3/c1-7-12-13-14-19-24-29(30-6,25-20-15-17-22-27(25)31(8-2)9-3)26-21-16-18-23-28(26)32(10-4)11-5/h15-18,20-23H,6-14,19,24H2,1-5H3. The van der Waals surface area contributed by atoms with E-state index in [1.807, 2.05) is 0 Å². The number of unbranched alkanes of at least 4 members (excludes halogenated alkanes) is 4. The molecule has 0 aromatic heterocycles. The van der Waals surface area contributed by atoms with Crippen LogP contribution in [0.1, 0.15) is 84.3 Å². The summed E-state index contributed by atoms with van der Waals surface area (Å²) in [6.45, 7) is 19.4. The molecule has 0 N–H and O–H groups in total. The maximum atomic E-state index is 5.00. The molecule has 0 atom stereocenters. The molecule has 0 saturated heterocycles. The van der Waals surface area contributed by atoms with E-state index >= 15 is 0 Å². The van der Waals surface area contributed by atoms with Gasteiger partial charge in [0.1, 0.15) is 5.54 Å². The molecule has 0 fully saturated rings. The zero-order chi connectivity index (χ0) is 23.4. The van der Waals surface area contributed by atoms with Crippen LogP contribution in [0, 0.1) is 0 Å². The van der Waals surface area contributed by atoms with Gasteiger partial charge >= 0.3 is 0 Å². The van der Waals surface area contributed by atoms with E-state index in [0.717, 1.165) is 39.0 Å². The summed E-state index contributed by atoms with van der Waals surface area (Å²) in [5.74, 6) is 0. The van der Waals surface area contributed by atoms with Crippen molar-refractivity contribution in [3.05, 3.63) is 59.7 Å². The molecule has 3 nitrogen and oxygen atoms in total. The van der Waals surface area contributed by atoms with Gasteiger partial charge in [-0.05, 0) is 53.0 Å². The molecule has 0 unspecified atom stereocenters. The molecule has 2 aromatic carbocycles.